The molecule has 0 aliphatic carbocycles. The van der Waals surface area contributed by atoms with Crippen LogP contribution in [0.4, 0.5) is 18.9 Å². The minimum Gasteiger partial charge on any atom is -0.370 e. The minimum absolute atomic E-state index is 0.202. The Kier molecular flexibility index (Phi) is 4.84. The minimum atomic E-state index is -4.37. The summed E-state index contributed by atoms with van der Waals surface area (Å²) >= 11 is 0. The average Bonchev–Trinajstić information content (AvgIpc) is 2.47. The van der Waals surface area contributed by atoms with Crippen LogP contribution in [0.15, 0.2) is 24.3 Å². The van der Waals surface area contributed by atoms with Crippen molar-refractivity contribution in [3.05, 3.63) is 29.8 Å². The molecule has 0 aromatic heterocycles. The van der Waals surface area contributed by atoms with Crippen molar-refractivity contribution in [2.75, 3.05) is 31.6 Å². The van der Waals surface area contributed by atoms with Crippen LogP contribution in [0.5, 0.6) is 0 Å². The van der Waals surface area contributed by atoms with E-state index in [2.05, 4.69) is 5.32 Å². The summed E-state index contributed by atoms with van der Waals surface area (Å²) < 4.78 is 42.6. The maximum absolute atomic E-state index is 12.5. The lowest BCUT2D eigenvalue weighted by atomic mass is 10.2. The molecule has 2 rings (SSSR count). The summed E-state index contributed by atoms with van der Waals surface area (Å²) in [5, 5.41) is 2.65. The third-order valence-corrected chi connectivity index (χ3v) is 3.62. The predicted octanol–water partition coefficient (Wildman–Crippen LogP) is 0.947. The summed E-state index contributed by atoms with van der Waals surface area (Å²) in [6, 6.07) is 4.18. The van der Waals surface area contributed by atoms with E-state index < -0.39 is 11.7 Å². The van der Waals surface area contributed by atoms with Crippen molar-refractivity contribution in [3.8, 4) is 0 Å². The molecule has 4 nitrogen and oxygen atoms in total. The van der Waals surface area contributed by atoms with Crippen LogP contribution in [0.1, 0.15) is 12.5 Å². The highest BCUT2D eigenvalue weighted by Gasteiger charge is 2.30. The number of morpholine rings is 1. The normalized spacial score (nSPS) is 18.3. The molecule has 0 bridgehead atoms. The lowest BCUT2D eigenvalue weighted by Crippen LogP contribution is -3.18. The Balaban J connectivity index is 1.95. The molecule has 1 aliphatic rings. The first kappa shape index (κ1) is 15.8. The first-order chi connectivity index (χ1) is 9.88. The molecule has 7 heteroatoms. The number of amides is 1. The summed E-state index contributed by atoms with van der Waals surface area (Å²) in [4.78, 5) is 13.2. The first-order valence-corrected chi connectivity index (χ1v) is 6.78. The van der Waals surface area contributed by atoms with E-state index in [0.29, 0.717) is 18.9 Å². The van der Waals surface area contributed by atoms with E-state index in [1.54, 1.807) is 6.92 Å². The number of halogens is 3. The van der Waals surface area contributed by atoms with Gasteiger partial charge in [-0.1, -0.05) is 0 Å². The van der Waals surface area contributed by atoms with Crippen molar-refractivity contribution in [2.45, 2.75) is 19.1 Å². The van der Waals surface area contributed by atoms with Gasteiger partial charge in [-0.05, 0) is 31.2 Å². The van der Waals surface area contributed by atoms with Crippen LogP contribution in [0.2, 0.25) is 0 Å². The lowest BCUT2D eigenvalue weighted by molar-refractivity contribution is -0.921. The number of carbonyl (C=O) groups excluding carboxylic acids is 1. The highest BCUT2D eigenvalue weighted by atomic mass is 19.4. The van der Waals surface area contributed by atoms with E-state index in [9.17, 15) is 18.0 Å². The fourth-order valence-corrected chi connectivity index (χ4v) is 2.25. The average molecular weight is 303 g/mol. The number of alkyl halides is 3. The number of nitrogens with one attached hydrogen (secondary N) is 2. The molecule has 1 aromatic carbocycles. The number of benzene rings is 1. The summed E-state index contributed by atoms with van der Waals surface area (Å²) in [6.45, 7) is 4.55. The van der Waals surface area contributed by atoms with Crippen molar-refractivity contribution in [1.82, 2.24) is 0 Å². The summed E-state index contributed by atoms with van der Waals surface area (Å²) in [6.07, 6.45) is -4.37. The lowest BCUT2D eigenvalue weighted by Gasteiger charge is -2.28. The molecule has 1 heterocycles. The van der Waals surface area contributed by atoms with Crippen LogP contribution in [0.25, 0.3) is 0 Å². The Morgan fingerprint density at radius 1 is 1.24 bits per heavy atom. The summed E-state index contributed by atoms with van der Waals surface area (Å²) in [5.41, 5.74) is -0.361. The van der Waals surface area contributed by atoms with E-state index in [4.69, 9.17) is 4.74 Å². The molecule has 1 atom stereocenters. The molecule has 1 aliphatic heterocycles. The smallest absolute Gasteiger partial charge is 0.370 e. The number of hydrogen-bond acceptors (Lipinski definition) is 2. The standard InChI is InChI=1S/C14H17F3N2O2/c1-10(19-6-8-21-9-7-19)13(20)18-12-4-2-11(3-5-12)14(15,16)17/h2-5,10H,6-9H2,1H3,(H,18,20)/p+1/t10-/m0/s1. The van der Waals surface area contributed by atoms with Gasteiger partial charge in [-0.25, -0.2) is 0 Å². The van der Waals surface area contributed by atoms with Gasteiger partial charge < -0.3 is 15.0 Å². The van der Waals surface area contributed by atoms with Crippen molar-refractivity contribution in [3.63, 3.8) is 0 Å². The number of hydrogen-bond donors (Lipinski definition) is 2. The Labute approximate surface area is 120 Å². The number of anilines is 1. The maximum atomic E-state index is 12.5. The Morgan fingerprint density at radius 2 is 1.81 bits per heavy atom. The highest BCUT2D eigenvalue weighted by Crippen LogP contribution is 2.29. The van der Waals surface area contributed by atoms with Crippen LogP contribution in [0, 0.1) is 0 Å². The molecule has 0 unspecified atom stereocenters. The SMILES string of the molecule is C[C@@H](C(=O)Nc1ccc(C(F)(F)F)cc1)[NH+]1CCOCC1. The zero-order chi connectivity index (χ0) is 15.5. The molecular formula is C14H18F3N2O2+. The fourth-order valence-electron chi connectivity index (χ4n) is 2.25. The van der Waals surface area contributed by atoms with Crippen LogP contribution < -0.4 is 10.2 Å². The largest absolute Gasteiger partial charge is 0.416 e. The summed E-state index contributed by atoms with van der Waals surface area (Å²) in [5.74, 6) is -0.202. The van der Waals surface area contributed by atoms with Crippen LogP contribution in [-0.2, 0) is 15.7 Å². The van der Waals surface area contributed by atoms with Gasteiger partial charge in [0.15, 0.2) is 6.04 Å². The van der Waals surface area contributed by atoms with Crippen LogP contribution in [0.3, 0.4) is 0 Å². The van der Waals surface area contributed by atoms with Gasteiger partial charge in [-0.3, -0.25) is 4.79 Å². The van der Waals surface area contributed by atoms with Crippen molar-refractivity contribution >= 4 is 11.6 Å². The maximum Gasteiger partial charge on any atom is 0.416 e. The van der Waals surface area contributed by atoms with Gasteiger partial charge in [0, 0.05) is 5.69 Å². The zero-order valence-electron chi connectivity index (χ0n) is 11.7. The van der Waals surface area contributed by atoms with Gasteiger partial charge in [0.05, 0.1) is 18.8 Å². The van der Waals surface area contributed by atoms with Gasteiger partial charge in [-0.15, -0.1) is 0 Å². The van der Waals surface area contributed by atoms with E-state index >= 15 is 0 Å². The fraction of sp³-hybridized carbons (Fsp3) is 0.500. The second-order valence-electron chi connectivity index (χ2n) is 5.06. The summed E-state index contributed by atoms with van der Waals surface area (Å²) in [7, 11) is 0. The number of rotatable bonds is 3. The van der Waals surface area contributed by atoms with Gasteiger partial charge in [0.25, 0.3) is 5.91 Å². The molecule has 21 heavy (non-hydrogen) atoms. The molecule has 1 fully saturated rings. The predicted molar refractivity (Wildman–Crippen MR) is 71.1 cm³/mol. The second kappa shape index (κ2) is 6.44. The second-order valence-corrected chi connectivity index (χ2v) is 5.06. The molecular weight excluding hydrogens is 285 g/mol. The topological polar surface area (TPSA) is 42.8 Å². The zero-order valence-corrected chi connectivity index (χ0v) is 11.7. The quantitative estimate of drug-likeness (QED) is 0.873. The molecule has 0 radical (unpaired) electrons. The number of carbonyl (C=O) groups is 1. The molecule has 116 valence electrons. The third kappa shape index (κ3) is 4.18. The van der Waals surface area contributed by atoms with E-state index in [0.717, 1.165) is 30.1 Å². The van der Waals surface area contributed by atoms with Gasteiger partial charge >= 0.3 is 6.18 Å². The van der Waals surface area contributed by atoms with Crippen molar-refractivity contribution in [1.29, 1.82) is 0 Å². The Bertz CT molecular complexity index is 482. The molecule has 1 amide bonds. The van der Waals surface area contributed by atoms with Gasteiger partial charge in [-0.2, -0.15) is 13.2 Å². The van der Waals surface area contributed by atoms with Crippen LogP contribution >= 0.6 is 0 Å². The van der Waals surface area contributed by atoms with E-state index in [1.807, 2.05) is 0 Å². The molecule has 1 saturated heterocycles. The van der Waals surface area contributed by atoms with Crippen LogP contribution in [-0.4, -0.2) is 38.3 Å². The molecule has 2 N–H and O–H groups in total. The first-order valence-electron chi connectivity index (χ1n) is 6.78. The molecule has 0 saturated carbocycles. The Hall–Kier alpha value is -1.60. The highest BCUT2D eigenvalue weighted by molar-refractivity contribution is 5.93. The molecule has 0 spiro atoms. The van der Waals surface area contributed by atoms with Crippen molar-refractivity contribution < 1.29 is 27.6 Å². The van der Waals surface area contributed by atoms with E-state index in [-0.39, 0.29) is 11.9 Å². The van der Waals surface area contributed by atoms with Gasteiger partial charge in [0.1, 0.15) is 13.1 Å². The number of quaternary nitrogens is 1. The van der Waals surface area contributed by atoms with Gasteiger partial charge in [0.2, 0.25) is 0 Å². The van der Waals surface area contributed by atoms with E-state index in [1.165, 1.54) is 12.1 Å². The molecule has 1 aromatic rings. The van der Waals surface area contributed by atoms with Crippen molar-refractivity contribution in [2.24, 2.45) is 0 Å². The monoisotopic (exact) mass is 303 g/mol. The number of ether oxygens (including phenoxy) is 1. The third-order valence-electron chi connectivity index (χ3n) is 3.62. The Morgan fingerprint density at radius 3 is 2.33 bits per heavy atom.